The van der Waals surface area contributed by atoms with Crippen LogP contribution >= 0.6 is 22.9 Å². The standard InChI is InChI=1S/C10H10ClF3O2S/c1-5(16-6(2)10(12,13)14)9(15)7-3-4-8(11)17-7/h3-6H,1-2H3. The Kier molecular flexibility index (Phi) is 4.57. The smallest absolute Gasteiger partial charge is 0.358 e. The normalized spacial score (nSPS) is 15.6. The number of ketones is 1. The Morgan fingerprint density at radius 2 is 2.00 bits per heavy atom. The van der Waals surface area contributed by atoms with Gasteiger partial charge in [-0.25, -0.2) is 0 Å². The number of halogens is 4. The Balaban J connectivity index is 2.65. The van der Waals surface area contributed by atoms with Gasteiger partial charge in [0.15, 0.2) is 6.10 Å². The summed E-state index contributed by atoms with van der Waals surface area (Å²) in [6.45, 7) is 2.16. The number of hydrogen-bond donors (Lipinski definition) is 0. The Morgan fingerprint density at radius 3 is 2.41 bits per heavy atom. The van der Waals surface area contributed by atoms with Gasteiger partial charge < -0.3 is 4.74 Å². The lowest BCUT2D eigenvalue weighted by atomic mass is 10.2. The highest BCUT2D eigenvalue weighted by Gasteiger charge is 2.39. The van der Waals surface area contributed by atoms with Crippen molar-refractivity contribution in [1.29, 1.82) is 0 Å². The van der Waals surface area contributed by atoms with Gasteiger partial charge in [-0.05, 0) is 26.0 Å². The minimum atomic E-state index is -4.47. The van der Waals surface area contributed by atoms with E-state index in [0.717, 1.165) is 18.3 Å². The van der Waals surface area contributed by atoms with E-state index in [1.807, 2.05) is 0 Å². The molecule has 1 aromatic rings. The predicted molar refractivity (Wildman–Crippen MR) is 59.7 cm³/mol. The minimum Gasteiger partial charge on any atom is -0.358 e. The van der Waals surface area contributed by atoms with Crippen molar-refractivity contribution in [3.63, 3.8) is 0 Å². The summed E-state index contributed by atoms with van der Waals surface area (Å²) in [6, 6.07) is 2.98. The quantitative estimate of drug-likeness (QED) is 0.784. The van der Waals surface area contributed by atoms with Crippen LogP contribution in [0.15, 0.2) is 12.1 Å². The third kappa shape index (κ3) is 3.97. The molecule has 0 radical (unpaired) electrons. The van der Waals surface area contributed by atoms with Crippen LogP contribution in [0.5, 0.6) is 0 Å². The molecule has 0 fully saturated rings. The van der Waals surface area contributed by atoms with Crippen LogP contribution in [0.3, 0.4) is 0 Å². The van der Waals surface area contributed by atoms with E-state index in [4.69, 9.17) is 11.6 Å². The van der Waals surface area contributed by atoms with Gasteiger partial charge in [-0.2, -0.15) is 13.2 Å². The number of hydrogen-bond acceptors (Lipinski definition) is 3. The number of rotatable bonds is 4. The Morgan fingerprint density at radius 1 is 1.41 bits per heavy atom. The molecule has 0 aliphatic rings. The Labute approximate surface area is 105 Å². The number of ether oxygens (including phenoxy) is 1. The topological polar surface area (TPSA) is 26.3 Å². The molecular weight excluding hydrogens is 277 g/mol. The van der Waals surface area contributed by atoms with Crippen molar-refractivity contribution in [2.75, 3.05) is 0 Å². The highest BCUT2D eigenvalue weighted by atomic mass is 35.5. The van der Waals surface area contributed by atoms with E-state index < -0.39 is 24.2 Å². The van der Waals surface area contributed by atoms with Crippen LogP contribution in [0.4, 0.5) is 13.2 Å². The summed E-state index contributed by atoms with van der Waals surface area (Å²) >= 11 is 6.65. The van der Waals surface area contributed by atoms with E-state index in [1.165, 1.54) is 19.1 Å². The summed E-state index contributed by atoms with van der Waals surface area (Å²) in [4.78, 5) is 12.0. The van der Waals surface area contributed by atoms with Gasteiger partial charge in [0.1, 0.15) is 6.10 Å². The largest absolute Gasteiger partial charge is 0.414 e. The first-order chi connectivity index (χ1) is 7.71. The molecule has 0 aliphatic carbocycles. The number of alkyl halides is 3. The monoisotopic (exact) mass is 286 g/mol. The summed E-state index contributed by atoms with van der Waals surface area (Å²) in [5.74, 6) is -0.502. The van der Waals surface area contributed by atoms with Gasteiger partial charge in [0.25, 0.3) is 0 Å². The average molecular weight is 287 g/mol. The minimum absolute atomic E-state index is 0.289. The average Bonchev–Trinajstić information content (AvgIpc) is 2.62. The molecule has 0 N–H and O–H groups in total. The second-order valence-electron chi connectivity index (χ2n) is 3.43. The summed E-state index contributed by atoms with van der Waals surface area (Å²) in [5, 5.41) is 0. The van der Waals surface area contributed by atoms with E-state index in [-0.39, 0.29) is 4.88 Å². The zero-order valence-electron chi connectivity index (χ0n) is 9.05. The van der Waals surface area contributed by atoms with Gasteiger partial charge in [0, 0.05) is 0 Å². The molecule has 0 saturated carbocycles. The number of thiophene rings is 1. The van der Waals surface area contributed by atoms with Gasteiger partial charge in [-0.1, -0.05) is 11.6 Å². The Bertz CT molecular complexity index is 403. The van der Waals surface area contributed by atoms with Crippen LogP contribution in [0.2, 0.25) is 4.34 Å². The third-order valence-electron chi connectivity index (χ3n) is 2.05. The molecule has 1 heterocycles. The molecule has 0 spiro atoms. The van der Waals surface area contributed by atoms with Crippen molar-refractivity contribution in [2.24, 2.45) is 0 Å². The van der Waals surface area contributed by atoms with Crippen LogP contribution in [0.1, 0.15) is 23.5 Å². The molecule has 0 aliphatic heterocycles. The first-order valence-electron chi connectivity index (χ1n) is 4.73. The van der Waals surface area contributed by atoms with Crippen molar-refractivity contribution in [2.45, 2.75) is 32.2 Å². The summed E-state index contributed by atoms with van der Waals surface area (Å²) < 4.78 is 41.7. The molecule has 0 bridgehead atoms. The Hall–Kier alpha value is -0.590. The lowest BCUT2D eigenvalue weighted by molar-refractivity contribution is -0.219. The first kappa shape index (κ1) is 14.5. The van der Waals surface area contributed by atoms with E-state index in [0.29, 0.717) is 4.34 Å². The van der Waals surface area contributed by atoms with Crippen LogP contribution in [0, 0.1) is 0 Å². The van der Waals surface area contributed by atoms with Gasteiger partial charge in [-0.3, -0.25) is 4.79 Å². The van der Waals surface area contributed by atoms with E-state index >= 15 is 0 Å². The molecule has 7 heteroatoms. The van der Waals surface area contributed by atoms with Gasteiger partial charge in [0.05, 0.1) is 9.21 Å². The fraction of sp³-hybridized carbons (Fsp3) is 0.500. The van der Waals surface area contributed by atoms with E-state index in [2.05, 4.69) is 4.74 Å². The predicted octanol–water partition coefficient (Wildman–Crippen LogP) is 3.94. The number of Topliss-reactive ketones (excluding diaryl/α,β-unsaturated/α-hetero) is 1. The molecule has 0 saturated heterocycles. The van der Waals surface area contributed by atoms with Gasteiger partial charge in [-0.15, -0.1) is 11.3 Å². The SMILES string of the molecule is CC(OC(C)C(F)(F)F)C(=O)c1ccc(Cl)s1. The zero-order valence-corrected chi connectivity index (χ0v) is 10.6. The number of carbonyl (C=O) groups is 1. The summed E-state index contributed by atoms with van der Waals surface area (Å²) in [7, 11) is 0. The lowest BCUT2D eigenvalue weighted by Gasteiger charge is -2.20. The van der Waals surface area contributed by atoms with Crippen LogP contribution in [-0.4, -0.2) is 24.2 Å². The third-order valence-corrected chi connectivity index (χ3v) is 3.30. The van der Waals surface area contributed by atoms with Crippen molar-refractivity contribution >= 4 is 28.7 Å². The molecule has 1 rings (SSSR count). The molecular formula is C10H10ClF3O2S. The maximum Gasteiger partial charge on any atom is 0.414 e. The molecule has 2 nitrogen and oxygen atoms in total. The van der Waals surface area contributed by atoms with Crippen molar-refractivity contribution in [1.82, 2.24) is 0 Å². The van der Waals surface area contributed by atoms with Crippen LogP contribution in [0.25, 0.3) is 0 Å². The van der Waals surface area contributed by atoms with Crippen LogP contribution in [-0.2, 0) is 4.74 Å². The van der Waals surface area contributed by atoms with Gasteiger partial charge in [0.2, 0.25) is 5.78 Å². The maximum absolute atomic E-state index is 12.2. The van der Waals surface area contributed by atoms with E-state index in [1.54, 1.807) is 0 Å². The zero-order chi connectivity index (χ0) is 13.2. The highest BCUT2D eigenvalue weighted by Crippen LogP contribution is 2.26. The van der Waals surface area contributed by atoms with Crippen molar-refractivity contribution < 1.29 is 22.7 Å². The van der Waals surface area contributed by atoms with Crippen molar-refractivity contribution in [3.05, 3.63) is 21.3 Å². The summed E-state index contributed by atoms with van der Waals surface area (Å²) in [6.07, 6.45) is -7.60. The molecule has 96 valence electrons. The molecule has 0 aromatic carbocycles. The fourth-order valence-electron chi connectivity index (χ4n) is 1.09. The van der Waals surface area contributed by atoms with Gasteiger partial charge >= 0.3 is 6.18 Å². The molecule has 17 heavy (non-hydrogen) atoms. The van der Waals surface area contributed by atoms with Crippen molar-refractivity contribution in [3.8, 4) is 0 Å². The molecule has 2 unspecified atom stereocenters. The first-order valence-corrected chi connectivity index (χ1v) is 5.93. The summed E-state index contributed by atoms with van der Waals surface area (Å²) in [5.41, 5.74) is 0. The van der Waals surface area contributed by atoms with Crippen LogP contribution < -0.4 is 0 Å². The number of carbonyl (C=O) groups excluding carboxylic acids is 1. The maximum atomic E-state index is 12.2. The molecule has 1 aromatic heterocycles. The highest BCUT2D eigenvalue weighted by molar-refractivity contribution is 7.18. The lowest BCUT2D eigenvalue weighted by Crippen LogP contribution is -2.34. The molecule has 2 atom stereocenters. The second kappa shape index (κ2) is 5.37. The second-order valence-corrected chi connectivity index (χ2v) is 5.15. The van der Waals surface area contributed by atoms with E-state index in [9.17, 15) is 18.0 Å². The fourth-order valence-corrected chi connectivity index (χ4v) is 2.15. The molecule has 0 amide bonds.